The smallest absolute Gasteiger partial charge is 0.339 e. The van der Waals surface area contributed by atoms with Crippen LogP contribution in [0.2, 0.25) is 0 Å². The molecule has 7 heteroatoms. The lowest BCUT2D eigenvalue weighted by molar-refractivity contribution is 0.114. The monoisotopic (exact) mass is 372 g/mol. The summed E-state index contributed by atoms with van der Waals surface area (Å²) in [6.45, 7) is 5.30. The Bertz CT molecular complexity index is 840. The van der Waals surface area contributed by atoms with Gasteiger partial charge in [-0.3, -0.25) is 0 Å². The summed E-state index contributed by atoms with van der Waals surface area (Å²) in [5.41, 5.74) is 0.240. The van der Waals surface area contributed by atoms with Gasteiger partial charge < -0.3 is 24.1 Å². The average Bonchev–Trinajstić information content (AvgIpc) is 2.63. The van der Waals surface area contributed by atoms with Crippen molar-refractivity contribution in [2.75, 3.05) is 25.0 Å². The summed E-state index contributed by atoms with van der Waals surface area (Å²) in [5, 5.41) is 2.91. The molecule has 1 N–H and O–H groups in total. The van der Waals surface area contributed by atoms with Crippen LogP contribution in [0.25, 0.3) is 0 Å². The molecule has 144 valence electrons. The van der Waals surface area contributed by atoms with Gasteiger partial charge in [0.1, 0.15) is 23.4 Å². The molecule has 1 aromatic heterocycles. The third-order valence-electron chi connectivity index (χ3n) is 4.33. The van der Waals surface area contributed by atoms with Gasteiger partial charge in [0, 0.05) is 32.0 Å². The Labute approximate surface area is 157 Å². The van der Waals surface area contributed by atoms with E-state index in [9.17, 15) is 9.59 Å². The third-order valence-corrected chi connectivity index (χ3v) is 4.33. The van der Waals surface area contributed by atoms with Crippen LogP contribution in [-0.2, 0) is 0 Å². The molecule has 0 saturated carbocycles. The van der Waals surface area contributed by atoms with Crippen LogP contribution < -0.4 is 20.4 Å². The Hall–Kier alpha value is -2.96. The summed E-state index contributed by atoms with van der Waals surface area (Å²) in [7, 11) is 0. The molecule has 7 nitrogen and oxygen atoms in total. The van der Waals surface area contributed by atoms with Crippen molar-refractivity contribution in [3.05, 3.63) is 52.6 Å². The predicted octanol–water partition coefficient (Wildman–Crippen LogP) is 3.42. The van der Waals surface area contributed by atoms with Gasteiger partial charge in [0.15, 0.2) is 0 Å². The lowest BCUT2D eigenvalue weighted by Gasteiger charge is -2.32. The number of ether oxygens (including phenoxy) is 2. The molecule has 3 rings (SSSR count). The van der Waals surface area contributed by atoms with E-state index in [4.69, 9.17) is 13.9 Å². The quantitative estimate of drug-likeness (QED) is 0.870. The molecule has 0 bridgehead atoms. The Kier molecular flexibility index (Phi) is 6.01. The summed E-state index contributed by atoms with van der Waals surface area (Å²) >= 11 is 0. The lowest BCUT2D eigenvalue weighted by Crippen LogP contribution is -2.43. The van der Waals surface area contributed by atoms with E-state index in [0.29, 0.717) is 55.5 Å². The molecule has 2 heterocycles. The number of anilines is 1. The maximum atomic E-state index is 12.5. The number of aryl methyl sites for hydroxylation is 1. The van der Waals surface area contributed by atoms with Crippen LogP contribution in [-0.4, -0.2) is 36.7 Å². The molecule has 27 heavy (non-hydrogen) atoms. The number of benzene rings is 1. The zero-order valence-corrected chi connectivity index (χ0v) is 15.6. The van der Waals surface area contributed by atoms with E-state index in [2.05, 4.69) is 5.32 Å². The fourth-order valence-electron chi connectivity index (χ4n) is 3.06. The van der Waals surface area contributed by atoms with E-state index in [1.54, 1.807) is 17.9 Å². The van der Waals surface area contributed by atoms with Crippen molar-refractivity contribution in [3.63, 3.8) is 0 Å². The van der Waals surface area contributed by atoms with Gasteiger partial charge in [0.05, 0.1) is 18.4 Å². The minimum absolute atomic E-state index is 0.0361. The number of para-hydroxylation sites is 2. The molecule has 0 atom stereocenters. The minimum atomic E-state index is -0.422. The average molecular weight is 372 g/mol. The van der Waals surface area contributed by atoms with Crippen molar-refractivity contribution in [1.29, 1.82) is 0 Å². The van der Waals surface area contributed by atoms with Crippen molar-refractivity contribution < 1.29 is 18.7 Å². The van der Waals surface area contributed by atoms with Gasteiger partial charge in [-0.1, -0.05) is 12.1 Å². The summed E-state index contributed by atoms with van der Waals surface area (Å²) in [6.07, 6.45) is 1.35. The number of nitrogens with zero attached hydrogens (tertiary/aromatic N) is 1. The van der Waals surface area contributed by atoms with Gasteiger partial charge in [0.25, 0.3) is 0 Å². The molecular weight excluding hydrogens is 348 g/mol. The Morgan fingerprint density at radius 2 is 2.00 bits per heavy atom. The zero-order chi connectivity index (χ0) is 19.2. The van der Waals surface area contributed by atoms with Crippen molar-refractivity contribution >= 4 is 11.7 Å². The second-order valence-electron chi connectivity index (χ2n) is 6.39. The van der Waals surface area contributed by atoms with Crippen LogP contribution in [0.4, 0.5) is 10.5 Å². The number of rotatable bonds is 5. The molecule has 0 aliphatic carbocycles. The van der Waals surface area contributed by atoms with Gasteiger partial charge in [-0.15, -0.1) is 0 Å². The molecule has 1 aliphatic heterocycles. The first-order chi connectivity index (χ1) is 13.0. The highest BCUT2D eigenvalue weighted by Crippen LogP contribution is 2.25. The standard InChI is InChI=1S/C20H24N2O5/c1-3-25-18-7-5-4-6-17(18)21-20(24)22-10-8-15(9-11-22)27-16-12-14(2)26-19(23)13-16/h4-7,12-13,15H,3,8-11H2,1-2H3,(H,21,24). The second-order valence-corrected chi connectivity index (χ2v) is 6.39. The normalized spacial score (nSPS) is 14.7. The maximum absolute atomic E-state index is 12.5. The first-order valence-electron chi connectivity index (χ1n) is 9.11. The molecule has 0 radical (unpaired) electrons. The topological polar surface area (TPSA) is 81.0 Å². The largest absolute Gasteiger partial charge is 0.492 e. The number of carbonyl (C=O) groups is 1. The maximum Gasteiger partial charge on any atom is 0.339 e. The van der Waals surface area contributed by atoms with E-state index >= 15 is 0 Å². The van der Waals surface area contributed by atoms with Gasteiger partial charge in [0.2, 0.25) is 0 Å². The minimum Gasteiger partial charge on any atom is -0.492 e. The number of piperidine rings is 1. The Morgan fingerprint density at radius 3 is 2.70 bits per heavy atom. The molecule has 1 fully saturated rings. The third kappa shape index (κ3) is 5.03. The first kappa shape index (κ1) is 18.8. The second kappa shape index (κ2) is 8.62. The summed E-state index contributed by atoms with van der Waals surface area (Å²) in [5.74, 6) is 1.68. The molecule has 2 aromatic rings. The first-order valence-corrected chi connectivity index (χ1v) is 9.11. The van der Waals surface area contributed by atoms with Crippen LogP contribution in [0.15, 0.2) is 45.6 Å². The van der Waals surface area contributed by atoms with Crippen LogP contribution in [0.3, 0.4) is 0 Å². The Balaban J connectivity index is 1.54. The van der Waals surface area contributed by atoms with Crippen LogP contribution in [0.5, 0.6) is 11.5 Å². The summed E-state index contributed by atoms with van der Waals surface area (Å²) in [4.78, 5) is 25.7. The molecule has 1 saturated heterocycles. The van der Waals surface area contributed by atoms with E-state index < -0.39 is 5.63 Å². The van der Waals surface area contributed by atoms with Gasteiger partial charge >= 0.3 is 11.7 Å². The number of likely N-dealkylation sites (tertiary alicyclic amines) is 1. The van der Waals surface area contributed by atoms with Crippen LogP contribution >= 0.6 is 0 Å². The fourth-order valence-corrected chi connectivity index (χ4v) is 3.06. The number of carbonyl (C=O) groups excluding carboxylic acids is 1. The Morgan fingerprint density at radius 1 is 1.26 bits per heavy atom. The van der Waals surface area contributed by atoms with Crippen molar-refractivity contribution in [2.24, 2.45) is 0 Å². The molecule has 0 unspecified atom stereocenters. The van der Waals surface area contributed by atoms with E-state index in [0.717, 1.165) is 0 Å². The number of urea groups is 1. The lowest BCUT2D eigenvalue weighted by atomic mass is 10.1. The molecular formula is C20H24N2O5. The number of amides is 2. The van der Waals surface area contributed by atoms with E-state index in [1.165, 1.54) is 6.07 Å². The molecule has 0 spiro atoms. The highest BCUT2D eigenvalue weighted by molar-refractivity contribution is 5.91. The highest BCUT2D eigenvalue weighted by atomic mass is 16.5. The summed E-state index contributed by atoms with van der Waals surface area (Å²) < 4.78 is 16.3. The SMILES string of the molecule is CCOc1ccccc1NC(=O)N1CCC(Oc2cc(C)oc(=O)c2)CC1. The van der Waals surface area contributed by atoms with Crippen molar-refractivity contribution in [2.45, 2.75) is 32.8 Å². The van der Waals surface area contributed by atoms with Gasteiger partial charge in [-0.2, -0.15) is 0 Å². The summed E-state index contributed by atoms with van der Waals surface area (Å²) in [6, 6.07) is 10.3. The zero-order valence-electron chi connectivity index (χ0n) is 15.6. The van der Waals surface area contributed by atoms with E-state index in [1.807, 2.05) is 31.2 Å². The van der Waals surface area contributed by atoms with Crippen LogP contribution in [0, 0.1) is 6.92 Å². The van der Waals surface area contributed by atoms with E-state index in [-0.39, 0.29) is 12.1 Å². The number of hydrogen-bond donors (Lipinski definition) is 1. The molecule has 1 aliphatic rings. The van der Waals surface area contributed by atoms with Crippen molar-refractivity contribution in [3.8, 4) is 11.5 Å². The predicted molar refractivity (Wildman–Crippen MR) is 102 cm³/mol. The number of nitrogens with one attached hydrogen (secondary N) is 1. The highest BCUT2D eigenvalue weighted by Gasteiger charge is 2.24. The number of hydrogen-bond acceptors (Lipinski definition) is 5. The molecule has 1 aromatic carbocycles. The van der Waals surface area contributed by atoms with Gasteiger partial charge in [-0.05, 0) is 26.0 Å². The fraction of sp³-hybridized carbons (Fsp3) is 0.400. The van der Waals surface area contributed by atoms with Gasteiger partial charge in [-0.25, -0.2) is 9.59 Å². The van der Waals surface area contributed by atoms with Crippen LogP contribution in [0.1, 0.15) is 25.5 Å². The van der Waals surface area contributed by atoms with Crippen molar-refractivity contribution in [1.82, 2.24) is 4.90 Å². The molecule has 2 amide bonds.